The Morgan fingerprint density at radius 1 is 0.672 bits per heavy atom. The lowest BCUT2D eigenvalue weighted by Gasteiger charge is -2.35. The highest BCUT2D eigenvalue weighted by atomic mass is 16.5. The number of nitrogens with one attached hydrogen (secondary N) is 1. The second kappa shape index (κ2) is 19.1. The molecule has 3 amide bonds. The van der Waals surface area contributed by atoms with E-state index in [1.54, 1.807) is 6.92 Å². The summed E-state index contributed by atoms with van der Waals surface area (Å²) >= 11 is 0. The molecule has 61 heavy (non-hydrogen) atoms. The van der Waals surface area contributed by atoms with Gasteiger partial charge in [0.15, 0.2) is 5.78 Å². The number of Topliss-reactive ketones (excluding diaryl/α,β-unsaturated/α-hetero) is 1. The summed E-state index contributed by atoms with van der Waals surface area (Å²) in [6.07, 6.45) is 2.16. The van der Waals surface area contributed by atoms with Gasteiger partial charge in [-0.2, -0.15) is 0 Å². The van der Waals surface area contributed by atoms with E-state index < -0.39 is 53.7 Å². The summed E-state index contributed by atoms with van der Waals surface area (Å²) in [6.45, 7) is 1.64. The minimum absolute atomic E-state index is 0.0576. The van der Waals surface area contributed by atoms with Crippen molar-refractivity contribution in [2.75, 3.05) is 20.7 Å². The molecule has 5 aromatic carbocycles. The molecule has 0 bridgehead atoms. The number of benzene rings is 5. The van der Waals surface area contributed by atoms with Gasteiger partial charge in [0.1, 0.15) is 18.7 Å². The van der Waals surface area contributed by atoms with Gasteiger partial charge in [0, 0.05) is 39.3 Å². The predicted octanol–water partition coefficient (Wildman–Crippen LogP) is 7.74. The van der Waals surface area contributed by atoms with Gasteiger partial charge in [-0.1, -0.05) is 140 Å². The fourth-order valence-corrected chi connectivity index (χ4v) is 8.58. The third-order valence-electron chi connectivity index (χ3n) is 12.2. The lowest BCUT2D eigenvalue weighted by Crippen LogP contribution is -2.57. The average Bonchev–Trinajstić information content (AvgIpc) is 3.84. The fraction of sp³-hybridized carbons (Fsp3) is 0.275. The average molecular weight is 818 g/mol. The molecule has 2 aliphatic carbocycles. The molecule has 0 heterocycles. The number of carboxylic acids is 1. The highest BCUT2D eigenvalue weighted by Crippen LogP contribution is 2.44. The Morgan fingerprint density at radius 3 is 1.82 bits per heavy atom. The zero-order chi connectivity index (χ0) is 43.0. The highest BCUT2D eigenvalue weighted by molar-refractivity contribution is 5.96. The molecule has 0 radical (unpaired) electrons. The number of carbonyl (C=O) groups excluding carboxylic acids is 4. The van der Waals surface area contributed by atoms with E-state index in [4.69, 9.17) is 4.74 Å². The van der Waals surface area contributed by atoms with Crippen molar-refractivity contribution >= 4 is 35.2 Å². The van der Waals surface area contributed by atoms with Crippen molar-refractivity contribution in [2.24, 2.45) is 5.92 Å². The van der Waals surface area contributed by atoms with Crippen molar-refractivity contribution < 1.29 is 33.8 Å². The maximum atomic E-state index is 14.8. The predicted molar refractivity (Wildman–Crippen MR) is 235 cm³/mol. The van der Waals surface area contributed by atoms with Crippen molar-refractivity contribution in [1.82, 2.24) is 15.1 Å². The molecule has 0 saturated heterocycles. The number of hydrogen-bond acceptors (Lipinski definition) is 6. The van der Waals surface area contributed by atoms with Crippen LogP contribution in [0.1, 0.15) is 59.1 Å². The van der Waals surface area contributed by atoms with Gasteiger partial charge < -0.3 is 25.0 Å². The number of aliphatic carboxylic acids is 1. The number of amides is 3. The standard InChI is InChI=1S/C51H51N3O7/c1-33(47(55)31-38(50(58)59)28-34-16-6-4-7-17-34)53(2)49(57)46(29-35-18-8-5-9-19-35)54(3)48(56)45(30-37-27-26-36-20-10-11-21-39(36)37)52-51(60)61-32-44-42-24-14-12-22-40(42)41-23-13-15-25-43(41)44/h4-25,27,33,38,44-46H,26,28-32H2,1-3H3,(H,52,60)(H,58,59)/t33-,38+,45-,46-/m0/s1. The first-order valence-corrected chi connectivity index (χ1v) is 20.8. The summed E-state index contributed by atoms with van der Waals surface area (Å²) in [4.78, 5) is 71.9. The lowest BCUT2D eigenvalue weighted by atomic mass is 9.92. The second-order valence-corrected chi connectivity index (χ2v) is 16.0. The van der Waals surface area contributed by atoms with Crippen LogP contribution in [0.5, 0.6) is 0 Å². The number of ether oxygens (including phenoxy) is 1. The molecule has 312 valence electrons. The Hall–Kier alpha value is -6.81. The fourth-order valence-electron chi connectivity index (χ4n) is 8.58. The van der Waals surface area contributed by atoms with Crippen LogP contribution in [0, 0.1) is 5.92 Å². The number of alkyl carbamates (subject to hydrolysis) is 1. The van der Waals surface area contributed by atoms with Crippen molar-refractivity contribution in [3.05, 3.63) is 173 Å². The van der Waals surface area contributed by atoms with Crippen LogP contribution in [0.25, 0.3) is 16.7 Å². The van der Waals surface area contributed by atoms with Crippen LogP contribution in [0.4, 0.5) is 4.79 Å². The van der Waals surface area contributed by atoms with Gasteiger partial charge in [0.25, 0.3) is 0 Å². The number of carbonyl (C=O) groups is 5. The molecular weight excluding hydrogens is 767 g/mol. The molecule has 0 spiro atoms. The topological polar surface area (TPSA) is 133 Å². The smallest absolute Gasteiger partial charge is 0.407 e. The number of hydrogen-bond donors (Lipinski definition) is 2. The molecule has 2 aliphatic rings. The number of allylic oxidation sites excluding steroid dienone is 1. The van der Waals surface area contributed by atoms with E-state index in [1.807, 2.05) is 121 Å². The van der Waals surface area contributed by atoms with E-state index in [2.05, 4.69) is 23.5 Å². The van der Waals surface area contributed by atoms with Gasteiger partial charge in [0.05, 0.1) is 12.0 Å². The van der Waals surface area contributed by atoms with Crippen LogP contribution < -0.4 is 5.32 Å². The van der Waals surface area contributed by atoms with Gasteiger partial charge in [-0.15, -0.1) is 0 Å². The van der Waals surface area contributed by atoms with Crippen molar-refractivity contribution in [1.29, 1.82) is 0 Å². The quantitative estimate of drug-likeness (QED) is 0.0981. The third kappa shape index (κ3) is 9.65. The normalized spacial score (nSPS) is 14.6. The largest absolute Gasteiger partial charge is 0.481 e. The van der Waals surface area contributed by atoms with E-state index in [-0.39, 0.29) is 38.2 Å². The molecule has 7 rings (SSSR count). The highest BCUT2D eigenvalue weighted by Gasteiger charge is 2.38. The first-order chi connectivity index (χ1) is 29.5. The Balaban J connectivity index is 1.11. The first-order valence-electron chi connectivity index (χ1n) is 20.8. The minimum atomic E-state index is -1.11. The van der Waals surface area contributed by atoms with Crippen molar-refractivity contribution in [2.45, 2.75) is 63.1 Å². The summed E-state index contributed by atoms with van der Waals surface area (Å²) in [6, 6.07) is 39.3. The number of fused-ring (bicyclic) bond motifs is 4. The van der Waals surface area contributed by atoms with Crippen LogP contribution in [0.2, 0.25) is 0 Å². The Labute approximate surface area is 356 Å². The molecule has 4 atom stereocenters. The molecule has 10 heteroatoms. The molecule has 10 nitrogen and oxygen atoms in total. The SMILES string of the molecule is C[C@@H](C(=O)C[C@@H](Cc1ccccc1)C(=O)O)N(C)C(=O)[C@H](Cc1ccccc1)N(C)C(=O)[C@H](CC1=CCc2ccccc21)NC(=O)OCC1c2ccccc2-c2ccccc21. The van der Waals surface area contributed by atoms with Crippen LogP contribution in [0.3, 0.4) is 0 Å². The molecular formula is C51H51N3O7. The summed E-state index contributed by atoms with van der Waals surface area (Å²) in [5, 5.41) is 12.9. The Bertz CT molecular complexity index is 2390. The minimum Gasteiger partial charge on any atom is -0.481 e. The van der Waals surface area contributed by atoms with Gasteiger partial charge in [0.2, 0.25) is 11.8 Å². The van der Waals surface area contributed by atoms with Crippen molar-refractivity contribution in [3.63, 3.8) is 0 Å². The molecule has 0 aromatic heterocycles. The van der Waals surface area contributed by atoms with Gasteiger partial charge in [-0.25, -0.2) is 4.79 Å². The van der Waals surface area contributed by atoms with E-state index in [0.717, 1.165) is 50.1 Å². The summed E-state index contributed by atoms with van der Waals surface area (Å²) in [7, 11) is 3.04. The van der Waals surface area contributed by atoms with Crippen molar-refractivity contribution in [3.8, 4) is 11.1 Å². The van der Waals surface area contributed by atoms with E-state index in [0.29, 0.717) is 6.42 Å². The monoisotopic (exact) mass is 817 g/mol. The maximum Gasteiger partial charge on any atom is 0.407 e. The van der Waals surface area contributed by atoms with Gasteiger partial charge in [-0.3, -0.25) is 19.2 Å². The summed E-state index contributed by atoms with van der Waals surface area (Å²) < 4.78 is 5.92. The maximum absolute atomic E-state index is 14.8. The number of carboxylic acid groups (broad SMARTS) is 1. The molecule has 0 saturated carbocycles. The lowest BCUT2D eigenvalue weighted by molar-refractivity contribution is -0.148. The number of likely N-dealkylation sites (N-methyl/N-ethyl adjacent to an activating group) is 2. The summed E-state index contributed by atoms with van der Waals surface area (Å²) in [5.74, 6) is -3.68. The van der Waals surface area contributed by atoms with Gasteiger partial charge in [-0.05, 0) is 69.8 Å². The summed E-state index contributed by atoms with van der Waals surface area (Å²) in [5.41, 5.74) is 8.90. The van der Waals surface area contributed by atoms with Crippen LogP contribution >= 0.6 is 0 Å². The second-order valence-electron chi connectivity index (χ2n) is 16.0. The number of rotatable bonds is 17. The van der Waals surface area contributed by atoms with Crippen LogP contribution in [-0.4, -0.2) is 83.4 Å². The Kier molecular flexibility index (Phi) is 13.2. The zero-order valence-electron chi connectivity index (χ0n) is 34.7. The van der Waals surface area contributed by atoms with Gasteiger partial charge >= 0.3 is 12.1 Å². The Morgan fingerprint density at radius 2 is 1.21 bits per heavy atom. The van der Waals surface area contributed by atoms with Crippen LogP contribution in [0.15, 0.2) is 140 Å². The molecule has 0 unspecified atom stereocenters. The van der Waals surface area contributed by atoms with E-state index >= 15 is 0 Å². The molecule has 0 fully saturated rings. The molecule has 0 aliphatic heterocycles. The molecule has 2 N–H and O–H groups in total. The first kappa shape index (κ1) is 42.3. The van der Waals surface area contributed by atoms with Crippen LogP contribution in [-0.2, 0) is 43.2 Å². The molecule has 5 aromatic rings. The van der Waals surface area contributed by atoms with E-state index in [9.17, 15) is 29.1 Å². The number of ketones is 1. The number of nitrogens with zero attached hydrogens (tertiary/aromatic N) is 2. The van der Waals surface area contributed by atoms with E-state index in [1.165, 1.54) is 23.9 Å². The third-order valence-corrected chi connectivity index (χ3v) is 12.2. The zero-order valence-corrected chi connectivity index (χ0v) is 34.7.